The highest BCUT2D eigenvalue weighted by Crippen LogP contribution is 2.20. The summed E-state index contributed by atoms with van der Waals surface area (Å²) in [6, 6.07) is 9.54. The highest BCUT2D eigenvalue weighted by atomic mass is 16.5. The third kappa shape index (κ3) is 9.78. The van der Waals surface area contributed by atoms with Gasteiger partial charge in [0.15, 0.2) is 0 Å². The predicted octanol–water partition coefficient (Wildman–Crippen LogP) is 2.92. The zero-order chi connectivity index (χ0) is 24.3. The molecule has 3 atom stereocenters. The highest BCUT2D eigenvalue weighted by molar-refractivity contribution is 5.86. The number of allylic oxidation sites excluding steroid dienone is 2. The van der Waals surface area contributed by atoms with Gasteiger partial charge < -0.3 is 20.5 Å². The normalized spacial score (nSPS) is 23.0. The molecule has 0 aromatic heterocycles. The van der Waals surface area contributed by atoms with Crippen molar-refractivity contribution >= 4 is 17.8 Å². The lowest BCUT2D eigenvalue weighted by Crippen LogP contribution is -2.50. The lowest BCUT2D eigenvalue weighted by atomic mass is 9.93. The van der Waals surface area contributed by atoms with E-state index in [0.717, 1.165) is 24.8 Å². The number of hydrogen-bond donors (Lipinski definition) is 3. The van der Waals surface area contributed by atoms with Crippen LogP contribution in [0.3, 0.4) is 0 Å². The Morgan fingerprint density at radius 3 is 2.64 bits per heavy atom. The highest BCUT2D eigenvalue weighted by Gasteiger charge is 2.30. The molecule has 0 saturated heterocycles. The molecule has 1 aromatic rings. The number of amides is 2. The number of carbonyl (C=O) groups excluding carboxylic acids is 3. The summed E-state index contributed by atoms with van der Waals surface area (Å²) in [6.07, 6.45) is 7.37. The van der Waals surface area contributed by atoms with Crippen LogP contribution in [-0.4, -0.2) is 47.7 Å². The molecule has 0 saturated carbocycles. The SMILES string of the molecule is CC(CO)NC(=O)CC1CC=CCCCC(Cc2ccccc2)C(=O)OCC(C)(C)NC1=O. The number of cyclic esters (lactones) is 1. The van der Waals surface area contributed by atoms with E-state index in [1.54, 1.807) is 20.8 Å². The largest absolute Gasteiger partial charge is 0.463 e. The number of ether oxygens (including phenoxy) is 1. The molecule has 1 aromatic carbocycles. The van der Waals surface area contributed by atoms with Crippen LogP contribution < -0.4 is 10.6 Å². The number of benzene rings is 1. The number of rotatable bonds is 6. The van der Waals surface area contributed by atoms with Gasteiger partial charge in [-0.3, -0.25) is 14.4 Å². The Morgan fingerprint density at radius 2 is 1.94 bits per heavy atom. The summed E-state index contributed by atoms with van der Waals surface area (Å²) in [6.45, 7) is 5.20. The van der Waals surface area contributed by atoms with Gasteiger partial charge in [0.25, 0.3) is 0 Å². The van der Waals surface area contributed by atoms with Crippen LogP contribution in [0.5, 0.6) is 0 Å². The van der Waals surface area contributed by atoms with Gasteiger partial charge in [0.1, 0.15) is 6.61 Å². The molecular formula is C26H38N2O5. The van der Waals surface area contributed by atoms with E-state index in [1.165, 1.54) is 0 Å². The van der Waals surface area contributed by atoms with Crippen molar-refractivity contribution in [2.75, 3.05) is 13.2 Å². The second-order valence-electron chi connectivity index (χ2n) is 9.56. The van der Waals surface area contributed by atoms with E-state index in [-0.39, 0.29) is 49.4 Å². The van der Waals surface area contributed by atoms with Gasteiger partial charge in [-0.2, -0.15) is 0 Å². The second kappa shape index (κ2) is 13.1. The standard InChI is InChI=1S/C26H38N2O5/c1-19(17-29)27-23(30)16-21-13-9-4-5-10-14-22(15-20-11-7-6-8-12-20)25(32)33-18-26(2,3)28-24(21)31/h4,6-9,11-12,19,21-22,29H,5,10,13-18H2,1-3H3,(H,27,30)(H,28,31). The third-order valence-corrected chi connectivity index (χ3v) is 5.69. The van der Waals surface area contributed by atoms with Crippen molar-refractivity contribution in [1.29, 1.82) is 0 Å². The van der Waals surface area contributed by atoms with Crippen LogP contribution in [0.2, 0.25) is 0 Å². The van der Waals surface area contributed by atoms with Crippen molar-refractivity contribution in [3.8, 4) is 0 Å². The van der Waals surface area contributed by atoms with E-state index in [4.69, 9.17) is 9.84 Å². The second-order valence-corrected chi connectivity index (χ2v) is 9.56. The Labute approximate surface area is 197 Å². The Kier molecular flexibility index (Phi) is 10.6. The number of hydrogen-bond acceptors (Lipinski definition) is 5. The average Bonchev–Trinajstić information content (AvgIpc) is 2.77. The maximum absolute atomic E-state index is 13.0. The van der Waals surface area contributed by atoms with Crippen LogP contribution in [0.1, 0.15) is 58.4 Å². The third-order valence-electron chi connectivity index (χ3n) is 5.69. The Balaban J connectivity index is 2.09. The van der Waals surface area contributed by atoms with Gasteiger partial charge in [0.05, 0.1) is 24.0 Å². The van der Waals surface area contributed by atoms with E-state index < -0.39 is 11.5 Å². The number of carbonyl (C=O) groups is 3. The van der Waals surface area contributed by atoms with Gasteiger partial charge in [-0.05, 0) is 58.4 Å². The minimum Gasteiger partial charge on any atom is -0.463 e. The van der Waals surface area contributed by atoms with Gasteiger partial charge in [-0.15, -0.1) is 0 Å². The first kappa shape index (κ1) is 26.6. The maximum Gasteiger partial charge on any atom is 0.309 e. The molecule has 0 bridgehead atoms. The van der Waals surface area contributed by atoms with E-state index in [2.05, 4.69) is 10.6 Å². The van der Waals surface area contributed by atoms with Crippen molar-refractivity contribution in [2.45, 2.75) is 70.9 Å². The van der Waals surface area contributed by atoms with Crippen molar-refractivity contribution in [3.05, 3.63) is 48.0 Å². The quantitative estimate of drug-likeness (QED) is 0.449. The molecule has 2 amide bonds. The fourth-order valence-electron chi connectivity index (χ4n) is 3.79. The van der Waals surface area contributed by atoms with Crippen LogP contribution in [0.15, 0.2) is 42.5 Å². The number of nitrogens with one attached hydrogen (secondary N) is 2. The minimum atomic E-state index is -0.773. The molecule has 1 aliphatic rings. The van der Waals surface area contributed by atoms with Crippen LogP contribution in [-0.2, 0) is 25.5 Å². The number of aliphatic hydroxyl groups is 1. The monoisotopic (exact) mass is 458 g/mol. The van der Waals surface area contributed by atoms with E-state index in [0.29, 0.717) is 12.8 Å². The Hall–Kier alpha value is -2.67. The fraction of sp³-hybridized carbons (Fsp3) is 0.577. The summed E-state index contributed by atoms with van der Waals surface area (Å²) < 4.78 is 5.64. The first-order valence-corrected chi connectivity index (χ1v) is 11.8. The van der Waals surface area contributed by atoms with Crippen molar-refractivity contribution in [1.82, 2.24) is 10.6 Å². The Bertz CT molecular complexity index is 806. The topological polar surface area (TPSA) is 105 Å². The molecule has 182 valence electrons. The van der Waals surface area contributed by atoms with E-state index in [1.807, 2.05) is 42.5 Å². The zero-order valence-corrected chi connectivity index (χ0v) is 20.0. The van der Waals surface area contributed by atoms with Gasteiger partial charge in [0.2, 0.25) is 11.8 Å². The van der Waals surface area contributed by atoms with Gasteiger partial charge in [-0.1, -0.05) is 42.5 Å². The van der Waals surface area contributed by atoms with E-state index in [9.17, 15) is 14.4 Å². The summed E-state index contributed by atoms with van der Waals surface area (Å²) in [5.41, 5.74) is 0.325. The molecule has 7 heteroatoms. The molecule has 0 fully saturated rings. The average molecular weight is 459 g/mol. The minimum absolute atomic E-state index is 0.0233. The van der Waals surface area contributed by atoms with Gasteiger partial charge >= 0.3 is 5.97 Å². The number of esters is 1. The molecule has 2 rings (SSSR count). The summed E-state index contributed by atoms with van der Waals surface area (Å²) >= 11 is 0. The number of aliphatic hydroxyl groups excluding tert-OH is 1. The molecule has 0 spiro atoms. The van der Waals surface area contributed by atoms with Gasteiger partial charge in [-0.25, -0.2) is 0 Å². The van der Waals surface area contributed by atoms with Crippen molar-refractivity contribution in [3.63, 3.8) is 0 Å². The lowest BCUT2D eigenvalue weighted by molar-refractivity contribution is -0.151. The molecule has 3 unspecified atom stereocenters. The lowest BCUT2D eigenvalue weighted by Gasteiger charge is -2.29. The summed E-state index contributed by atoms with van der Waals surface area (Å²) in [5.74, 6) is -1.57. The smallest absolute Gasteiger partial charge is 0.309 e. The summed E-state index contributed by atoms with van der Waals surface area (Å²) in [4.78, 5) is 38.1. The molecule has 7 nitrogen and oxygen atoms in total. The maximum atomic E-state index is 13.0. The van der Waals surface area contributed by atoms with Crippen LogP contribution in [0, 0.1) is 11.8 Å². The predicted molar refractivity (Wildman–Crippen MR) is 127 cm³/mol. The van der Waals surface area contributed by atoms with Gasteiger partial charge in [0, 0.05) is 12.5 Å². The molecule has 3 N–H and O–H groups in total. The van der Waals surface area contributed by atoms with Crippen molar-refractivity contribution < 1.29 is 24.2 Å². The van der Waals surface area contributed by atoms with Crippen LogP contribution in [0.25, 0.3) is 0 Å². The molecule has 0 aliphatic carbocycles. The van der Waals surface area contributed by atoms with Crippen LogP contribution in [0.4, 0.5) is 0 Å². The summed E-state index contributed by atoms with van der Waals surface area (Å²) in [5, 5.41) is 14.8. The molecule has 0 radical (unpaired) electrons. The molecule has 33 heavy (non-hydrogen) atoms. The molecule has 1 heterocycles. The molecule has 1 aliphatic heterocycles. The molecular weight excluding hydrogens is 420 g/mol. The Morgan fingerprint density at radius 1 is 1.21 bits per heavy atom. The fourth-order valence-corrected chi connectivity index (χ4v) is 3.79. The van der Waals surface area contributed by atoms with Crippen molar-refractivity contribution in [2.24, 2.45) is 11.8 Å². The summed E-state index contributed by atoms with van der Waals surface area (Å²) in [7, 11) is 0. The van der Waals surface area contributed by atoms with Crippen LogP contribution >= 0.6 is 0 Å². The van der Waals surface area contributed by atoms with E-state index >= 15 is 0 Å². The zero-order valence-electron chi connectivity index (χ0n) is 20.0. The first-order valence-electron chi connectivity index (χ1n) is 11.8. The first-order chi connectivity index (χ1) is 15.7.